The van der Waals surface area contributed by atoms with Crippen molar-refractivity contribution in [1.82, 2.24) is 9.80 Å². The topological polar surface area (TPSA) is 66.4 Å². The van der Waals surface area contributed by atoms with Gasteiger partial charge in [-0.2, -0.15) is 13.2 Å². The van der Waals surface area contributed by atoms with Gasteiger partial charge >= 0.3 is 12.2 Å². The number of rotatable bonds is 2. The van der Waals surface area contributed by atoms with E-state index >= 15 is 0 Å². The van der Waals surface area contributed by atoms with Crippen molar-refractivity contribution in [3.8, 4) is 17.2 Å². The molecule has 2 aliphatic heterocycles. The standard InChI is InChI=1S/C27H24F4N4O3/c1-16-15-34(11-12-35(16)26(36)32-19-6-4-18(28)5-7-19)25-21-14-20(37-2)8-10-23(21)38-24-9-3-17(27(29,30)31)13-22(24)33-25/h3-10,13-14,16H,11-12,15H2,1-2H3,(H,32,36)/t16-/m1/s1. The summed E-state index contributed by atoms with van der Waals surface area (Å²) in [6, 6.07) is 13.2. The zero-order chi connectivity index (χ0) is 27.0. The summed E-state index contributed by atoms with van der Waals surface area (Å²) in [5, 5.41) is 2.77. The van der Waals surface area contributed by atoms with Gasteiger partial charge in [0.25, 0.3) is 0 Å². The molecule has 0 spiro atoms. The number of urea groups is 1. The first kappa shape index (κ1) is 25.4. The number of nitrogens with one attached hydrogen (secondary N) is 1. The number of aliphatic imine (C=N–C) groups is 1. The molecule has 198 valence electrons. The Morgan fingerprint density at radius 3 is 2.47 bits per heavy atom. The zero-order valence-corrected chi connectivity index (χ0v) is 20.6. The third-order valence-electron chi connectivity index (χ3n) is 6.44. The van der Waals surface area contributed by atoms with E-state index in [9.17, 15) is 22.4 Å². The number of amidine groups is 1. The zero-order valence-electron chi connectivity index (χ0n) is 20.6. The minimum atomic E-state index is -4.54. The number of benzene rings is 3. The van der Waals surface area contributed by atoms with Crippen LogP contribution in [0, 0.1) is 5.82 Å². The molecule has 0 aliphatic carbocycles. The maximum atomic E-state index is 13.4. The molecule has 5 rings (SSSR count). The highest BCUT2D eigenvalue weighted by Crippen LogP contribution is 2.42. The first-order valence-corrected chi connectivity index (χ1v) is 11.9. The molecule has 1 saturated heterocycles. The van der Waals surface area contributed by atoms with Gasteiger partial charge in [0.1, 0.15) is 28.8 Å². The molecule has 2 aliphatic rings. The lowest BCUT2D eigenvalue weighted by molar-refractivity contribution is -0.137. The number of hydrogen-bond donors (Lipinski definition) is 1. The highest BCUT2D eigenvalue weighted by molar-refractivity contribution is 6.04. The lowest BCUT2D eigenvalue weighted by atomic mass is 10.1. The van der Waals surface area contributed by atoms with E-state index < -0.39 is 17.6 Å². The number of hydrogen-bond acceptors (Lipinski definition) is 5. The summed E-state index contributed by atoms with van der Waals surface area (Å²) in [4.78, 5) is 21.1. The molecule has 3 aromatic rings. The van der Waals surface area contributed by atoms with Gasteiger partial charge in [0.2, 0.25) is 0 Å². The molecule has 0 unspecified atom stereocenters. The number of piperazine rings is 1. The van der Waals surface area contributed by atoms with E-state index in [1.165, 1.54) is 37.4 Å². The predicted molar refractivity (Wildman–Crippen MR) is 134 cm³/mol. The van der Waals surface area contributed by atoms with Crippen molar-refractivity contribution in [3.63, 3.8) is 0 Å². The SMILES string of the molecule is COc1ccc2c(c1)C(N1CCN(C(=O)Nc3ccc(F)cc3)[C@H](C)C1)=Nc1cc(C(F)(F)F)ccc1O2. The van der Waals surface area contributed by atoms with Crippen LogP contribution in [0.2, 0.25) is 0 Å². The Morgan fingerprint density at radius 2 is 1.79 bits per heavy atom. The van der Waals surface area contributed by atoms with Gasteiger partial charge in [-0.3, -0.25) is 0 Å². The molecule has 3 aromatic carbocycles. The fourth-order valence-electron chi connectivity index (χ4n) is 4.48. The summed E-state index contributed by atoms with van der Waals surface area (Å²) in [5.41, 5.74) is 0.246. The van der Waals surface area contributed by atoms with E-state index in [1.54, 1.807) is 23.1 Å². The Hall–Kier alpha value is -4.28. The van der Waals surface area contributed by atoms with Gasteiger partial charge < -0.3 is 24.6 Å². The van der Waals surface area contributed by atoms with Crippen LogP contribution in [-0.4, -0.2) is 54.5 Å². The average Bonchev–Trinajstić information content (AvgIpc) is 3.05. The molecular weight excluding hydrogens is 504 g/mol. The minimum Gasteiger partial charge on any atom is -0.497 e. The van der Waals surface area contributed by atoms with Crippen LogP contribution in [-0.2, 0) is 6.18 Å². The third kappa shape index (κ3) is 5.09. The Balaban J connectivity index is 1.45. The monoisotopic (exact) mass is 528 g/mol. The smallest absolute Gasteiger partial charge is 0.416 e. The number of halogens is 4. The summed E-state index contributed by atoms with van der Waals surface area (Å²) in [7, 11) is 1.51. The van der Waals surface area contributed by atoms with Gasteiger partial charge in [0.05, 0.1) is 18.2 Å². The molecule has 0 bridgehead atoms. The van der Waals surface area contributed by atoms with Crippen LogP contribution in [0.25, 0.3) is 0 Å². The van der Waals surface area contributed by atoms with Crippen molar-refractivity contribution >= 4 is 23.2 Å². The van der Waals surface area contributed by atoms with Crippen LogP contribution in [0.4, 0.5) is 33.7 Å². The van der Waals surface area contributed by atoms with Crippen molar-refractivity contribution in [2.45, 2.75) is 19.1 Å². The van der Waals surface area contributed by atoms with E-state index in [1.807, 2.05) is 11.8 Å². The van der Waals surface area contributed by atoms with Crippen LogP contribution >= 0.6 is 0 Å². The Morgan fingerprint density at radius 1 is 1.05 bits per heavy atom. The van der Waals surface area contributed by atoms with Crippen LogP contribution < -0.4 is 14.8 Å². The molecular formula is C27H24F4N4O3. The second-order valence-electron chi connectivity index (χ2n) is 9.01. The second-order valence-corrected chi connectivity index (χ2v) is 9.01. The van der Waals surface area contributed by atoms with Crippen molar-refractivity contribution < 1.29 is 31.8 Å². The number of anilines is 1. The third-order valence-corrected chi connectivity index (χ3v) is 6.44. The second kappa shape index (κ2) is 9.88. The van der Waals surface area contributed by atoms with Gasteiger partial charge in [0.15, 0.2) is 5.75 Å². The van der Waals surface area contributed by atoms with Crippen molar-refractivity contribution in [2.75, 3.05) is 32.1 Å². The number of carbonyl (C=O) groups excluding carboxylic acids is 1. The summed E-state index contributed by atoms with van der Waals surface area (Å²) < 4.78 is 64.9. The Labute approximate surface area is 216 Å². The Kier molecular flexibility index (Phi) is 6.60. The molecule has 7 nitrogen and oxygen atoms in total. The highest BCUT2D eigenvalue weighted by atomic mass is 19.4. The number of ether oxygens (including phenoxy) is 2. The number of alkyl halides is 3. The quantitative estimate of drug-likeness (QED) is 0.398. The summed E-state index contributed by atoms with van der Waals surface area (Å²) >= 11 is 0. The Bertz CT molecular complexity index is 1390. The van der Waals surface area contributed by atoms with E-state index in [-0.39, 0.29) is 23.5 Å². The van der Waals surface area contributed by atoms with E-state index in [0.29, 0.717) is 48.2 Å². The van der Waals surface area contributed by atoms with E-state index in [0.717, 1.165) is 12.1 Å². The summed E-state index contributed by atoms with van der Waals surface area (Å²) in [6.07, 6.45) is -4.54. The van der Waals surface area contributed by atoms with Gasteiger partial charge in [-0.05, 0) is 67.6 Å². The molecule has 1 atom stereocenters. The number of amides is 2. The molecule has 2 amide bonds. The largest absolute Gasteiger partial charge is 0.497 e. The number of nitrogens with zero attached hydrogens (tertiary/aromatic N) is 3. The molecule has 11 heteroatoms. The normalized spacial score (nSPS) is 17.0. The first-order chi connectivity index (χ1) is 18.1. The van der Waals surface area contributed by atoms with Crippen LogP contribution in [0.15, 0.2) is 65.7 Å². The van der Waals surface area contributed by atoms with E-state index in [4.69, 9.17) is 9.47 Å². The molecule has 0 aromatic heterocycles. The summed E-state index contributed by atoms with van der Waals surface area (Å²) in [5.74, 6) is 1.17. The molecule has 1 N–H and O–H groups in total. The van der Waals surface area contributed by atoms with Gasteiger partial charge in [-0.1, -0.05) is 0 Å². The molecule has 0 radical (unpaired) electrons. The minimum absolute atomic E-state index is 0.0501. The van der Waals surface area contributed by atoms with E-state index in [2.05, 4.69) is 10.3 Å². The molecule has 0 saturated carbocycles. The lowest BCUT2D eigenvalue weighted by Crippen LogP contribution is -2.56. The number of fused-ring (bicyclic) bond motifs is 2. The fraction of sp³-hybridized carbons (Fsp3) is 0.259. The average molecular weight is 529 g/mol. The first-order valence-electron chi connectivity index (χ1n) is 11.9. The van der Waals surface area contributed by atoms with Gasteiger partial charge in [-0.25, -0.2) is 14.2 Å². The molecule has 38 heavy (non-hydrogen) atoms. The molecule has 2 heterocycles. The molecule has 1 fully saturated rings. The predicted octanol–water partition coefficient (Wildman–Crippen LogP) is 6.28. The van der Waals surface area contributed by atoms with Crippen molar-refractivity contribution in [3.05, 3.63) is 77.6 Å². The maximum absolute atomic E-state index is 13.4. The number of carbonyl (C=O) groups is 1. The van der Waals surface area contributed by atoms with Gasteiger partial charge in [-0.15, -0.1) is 0 Å². The van der Waals surface area contributed by atoms with Crippen LogP contribution in [0.3, 0.4) is 0 Å². The fourth-order valence-corrected chi connectivity index (χ4v) is 4.48. The van der Waals surface area contributed by atoms with Gasteiger partial charge in [0, 0.05) is 31.4 Å². The number of methoxy groups -OCH3 is 1. The van der Waals surface area contributed by atoms with Crippen molar-refractivity contribution in [1.29, 1.82) is 0 Å². The lowest BCUT2D eigenvalue weighted by Gasteiger charge is -2.41. The van der Waals surface area contributed by atoms with Crippen molar-refractivity contribution in [2.24, 2.45) is 4.99 Å². The van der Waals surface area contributed by atoms with Crippen LogP contribution in [0.5, 0.6) is 17.2 Å². The highest BCUT2D eigenvalue weighted by Gasteiger charge is 2.34. The van der Waals surface area contributed by atoms with Crippen LogP contribution in [0.1, 0.15) is 18.1 Å². The summed E-state index contributed by atoms with van der Waals surface area (Å²) in [6.45, 7) is 2.92. The maximum Gasteiger partial charge on any atom is 0.416 e.